The van der Waals surface area contributed by atoms with Gasteiger partial charge in [0.05, 0.1) is 13.7 Å². The summed E-state index contributed by atoms with van der Waals surface area (Å²) in [5.41, 5.74) is 6.72. The van der Waals surface area contributed by atoms with E-state index in [1.807, 2.05) is 13.0 Å². The highest BCUT2D eigenvalue weighted by Gasteiger charge is 2.09. The topological polar surface area (TPSA) is 73.6 Å². The molecule has 1 amide bonds. The zero-order valence-electron chi connectivity index (χ0n) is 11.1. The van der Waals surface area contributed by atoms with Gasteiger partial charge in [-0.3, -0.25) is 4.79 Å². The zero-order valence-corrected chi connectivity index (χ0v) is 11.1. The lowest BCUT2D eigenvalue weighted by Crippen LogP contribution is -2.29. The maximum absolute atomic E-state index is 11.4. The summed E-state index contributed by atoms with van der Waals surface area (Å²) in [6.45, 7) is 1.95. The minimum absolute atomic E-state index is 0.0955. The highest BCUT2D eigenvalue weighted by atomic mass is 16.5. The standard InChI is InChI=1S/C14H18N2O3/c1-4-7-16-14(17)9-19-12-6-5-11(10(2)15)8-13(12)18-3/h1,5-6,8,10H,7,9,15H2,2-3H3,(H,16,17). The van der Waals surface area contributed by atoms with Crippen molar-refractivity contribution in [2.24, 2.45) is 5.73 Å². The van der Waals surface area contributed by atoms with Crippen molar-refractivity contribution in [1.29, 1.82) is 0 Å². The Labute approximate surface area is 113 Å². The van der Waals surface area contributed by atoms with Gasteiger partial charge in [-0.15, -0.1) is 6.42 Å². The zero-order chi connectivity index (χ0) is 14.3. The number of carbonyl (C=O) groups is 1. The highest BCUT2D eigenvalue weighted by molar-refractivity contribution is 5.77. The van der Waals surface area contributed by atoms with Gasteiger partial charge in [0, 0.05) is 6.04 Å². The second-order valence-electron chi connectivity index (χ2n) is 3.97. The molecule has 0 spiro atoms. The minimum Gasteiger partial charge on any atom is -0.493 e. The van der Waals surface area contributed by atoms with Crippen LogP contribution in [0.5, 0.6) is 11.5 Å². The molecule has 0 aromatic heterocycles. The quantitative estimate of drug-likeness (QED) is 0.745. The van der Waals surface area contributed by atoms with E-state index in [1.165, 1.54) is 7.11 Å². The first-order valence-corrected chi connectivity index (χ1v) is 5.85. The van der Waals surface area contributed by atoms with Crippen molar-refractivity contribution in [2.75, 3.05) is 20.3 Å². The van der Waals surface area contributed by atoms with Crippen LogP contribution in [-0.2, 0) is 4.79 Å². The van der Waals surface area contributed by atoms with Crippen molar-refractivity contribution in [3.63, 3.8) is 0 Å². The Morgan fingerprint density at radius 3 is 2.84 bits per heavy atom. The van der Waals surface area contributed by atoms with Crippen LogP contribution >= 0.6 is 0 Å². The van der Waals surface area contributed by atoms with Crippen LogP contribution in [0.1, 0.15) is 18.5 Å². The van der Waals surface area contributed by atoms with E-state index in [-0.39, 0.29) is 25.1 Å². The molecule has 19 heavy (non-hydrogen) atoms. The summed E-state index contributed by atoms with van der Waals surface area (Å²) in [5.74, 6) is 3.06. The number of nitrogens with one attached hydrogen (secondary N) is 1. The molecule has 0 bridgehead atoms. The van der Waals surface area contributed by atoms with Gasteiger partial charge in [-0.05, 0) is 24.6 Å². The number of terminal acetylenes is 1. The summed E-state index contributed by atoms with van der Waals surface area (Å²) in [7, 11) is 1.53. The van der Waals surface area contributed by atoms with Crippen molar-refractivity contribution in [3.8, 4) is 23.8 Å². The molecule has 1 aromatic rings. The van der Waals surface area contributed by atoms with E-state index in [9.17, 15) is 4.79 Å². The maximum atomic E-state index is 11.4. The SMILES string of the molecule is C#CCNC(=O)COc1ccc(C(C)N)cc1OC. The number of ether oxygens (including phenoxy) is 2. The Bertz CT molecular complexity index is 478. The van der Waals surface area contributed by atoms with Crippen LogP contribution in [0, 0.1) is 12.3 Å². The monoisotopic (exact) mass is 262 g/mol. The molecule has 102 valence electrons. The molecule has 5 heteroatoms. The number of benzene rings is 1. The van der Waals surface area contributed by atoms with Gasteiger partial charge in [0.1, 0.15) is 0 Å². The third-order valence-corrected chi connectivity index (χ3v) is 2.46. The van der Waals surface area contributed by atoms with Gasteiger partial charge < -0.3 is 20.5 Å². The first-order chi connectivity index (χ1) is 9.08. The summed E-state index contributed by atoms with van der Waals surface area (Å²) in [6, 6.07) is 5.26. The van der Waals surface area contributed by atoms with Gasteiger partial charge in [-0.1, -0.05) is 12.0 Å². The molecule has 0 saturated carbocycles. The fraction of sp³-hybridized carbons (Fsp3) is 0.357. The van der Waals surface area contributed by atoms with Gasteiger partial charge >= 0.3 is 0 Å². The second-order valence-corrected chi connectivity index (χ2v) is 3.97. The first kappa shape index (κ1) is 14.9. The van der Waals surface area contributed by atoms with Gasteiger partial charge in [0.15, 0.2) is 18.1 Å². The molecule has 0 aliphatic rings. The number of hydrogen-bond acceptors (Lipinski definition) is 4. The van der Waals surface area contributed by atoms with Crippen LogP contribution in [-0.4, -0.2) is 26.2 Å². The lowest BCUT2D eigenvalue weighted by molar-refractivity contribution is -0.122. The average Bonchev–Trinajstić information content (AvgIpc) is 2.42. The summed E-state index contributed by atoms with van der Waals surface area (Å²) in [6.07, 6.45) is 5.04. The van der Waals surface area contributed by atoms with Crippen LogP contribution in [0.15, 0.2) is 18.2 Å². The number of amides is 1. The summed E-state index contributed by atoms with van der Waals surface area (Å²) >= 11 is 0. The number of methoxy groups -OCH3 is 1. The van der Waals surface area contributed by atoms with Crippen LogP contribution in [0.2, 0.25) is 0 Å². The Morgan fingerprint density at radius 2 is 2.26 bits per heavy atom. The maximum Gasteiger partial charge on any atom is 0.258 e. The van der Waals surface area contributed by atoms with E-state index >= 15 is 0 Å². The minimum atomic E-state index is -0.281. The van der Waals surface area contributed by atoms with Crippen molar-refractivity contribution in [3.05, 3.63) is 23.8 Å². The molecular formula is C14H18N2O3. The van der Waals surface area contributed by atoms with Crippen molar-refractivity contribution < 1.29 is 14.3 Å². The van der Waals surface area contributed by atoms with Gasteiger partial charge in [0.25, 0.3) is 5.91 Å². The average molecular weight is 262 g/mol. The molecule has 0 aliphatic carbocycles. The number of carbonyl (C=O) groups excluding carboxylic acids is 1. The summed E-state index contributed by atoms with van der Waals surface area (Å²) in [4.78, 5) is 11.4. The molecule has 0 aliphatic heterocycles. The third-order valence-electron chi connectivity index (χ3n) is 2.46. The summed E-state index contributed by atoms with van der Waals surface area (Å²) < 4.78 is 10.6. The van der Waals surface area contributed by atoms with Crippen molar-refractivity contribution in [1.82, 2.24) is 5.32 Å². The predicted octanol–water partition coefficient (Wildman–Crippen LogP) is 0.843. The third kappa shape index (κ3) is 4.53. The molecule has 3 N–H and O–H groups in total. The lowest BCUT2D eigenvalue weighted by atomic mass is 10.1. The molecule has 1 atom stereocenters. The van der Waals surface area contributed by atoms with E-state index in [1.54, 1.807) is 12.1 Å². The van der Waals surface area contributed by atoms with Gasteiger partial charge in [-0.25, -0.2) is 0 Å². The Hall–Kier alpha value is -2.19. The number of hydrogen-bond donors (Lipinski definition) is 2. The Balaban J connectivity index is 2.68. The molecule has 0 radical (unpaired) electrons. The Morgan fingerprint density at radius 1 is 1.53 bits per heavy atom. The first-order valence-electron chi connectivity index (χ1n) is 5.85. The fourth-order valence-electron chi connectivity index (χ4n) is 1.43. The van der Waals surface area contributed by atoms with Crippen molar-refractivity contribution in [2.45, 2.75) is 13.0 Å². The van der Waals surface area contributed by atoms with E-state index in [2.05, 4.69) is 11.2 Å². The largest absolute Gasteiger partial charge is 0.493 e. The molecule has 1 rings (SSSR count). The fourth-order valence-corrected chi connectivity index (χ4v) is 1.43. The summed E-state index contributed by atoms with van der Waals surface area (Å²) in [5, 5.41) is 2.51. The van der Waals surface area contributed by atoms with Gasteiger partial charge in [-0.2, -0.15) is 0 Å². The van der Waals surface area contributed by atoms with E-state index < -0.39 is 0 Å². The normalized spacial score (nSPS) is 11.3. The molecule has 0 heterocycles. The smallest absolute Gasteiger partial charge is 0.258 e. The van der Waals surface area contributed by atoms with Crippen LogP contribution in [0.3, 0.4) is 0 Å². The van der Waals surface area contributed by atoms with Crippen LogP contribution in [0.4, 0.5) is 0 Å². The molecule has 1 aromatic carbocycles. The van der Waals surface area contributed by atoms with Crippen molar-refractivity contribution >= 4 is 5.91 Å². The molecular weight excluding hydrogens is 244 g/mol. The lowest BCUT2D eigenvalue weighted by Gasteiger charge is -2.13. The molecule has 0 saturated heterocycles. The van der Waals surface area contributed by atoms with E-state index in [0.29, 0.717) is 11.5 Å². The van der Waals surface area contributed by atoms with Crippen LogP contribution < -0.4 is 20.5 Å². The van der Waals surface area contributed by atoms with E-state index in [0.717, 1.165) is 5.56 Å². The van der Waals surface area contributed by atoms with Crippen LogP contribution in [0.25, 0.3) is 0 Å². The highest BCUT2D eigenvalue weighted by Crippen LogP contribution is 2.29. The second kappa shape index (κ2) is 7.29. The molecule has 5 nitrogen and oxygen atoms in total. The number of nitrogens with two attached hydrogens (primary N) is 1. The number of rotatable bonds is 6. The molecule has 1 unspecified atom stereocenters. The van der Waals surface area contributed by atoms with E-state index in [4.69, 9.17) is 21.6 Å². The van der Waals surface area contributed by atoms with Gasteiger partial charge in [0.2, 0.25) is 0 Å². The Kier molecular flexibility index (Phi) is 5.71. The molecule has 0 fully saturated rings. The predicted molar refractivity (Wildman–Crippen MR) is 72.9 cm³/mol.